The maximum absolute atomic E-state index is 2.41. The Kier molecular flexibility index (Phi) is 9.58. The molecule has 0 fully saturated rings. The molecule has 0 N–H and O–H groups in total. The van der Waals surface area contributed by atoms with E-state index < -0.39 is 0 Å². The third-order valence-corrected chi connectivity index (χ3v) is 12.3. The Morgan fingerprint density at radius 2 is 0.456 bits per heavy atom. The van der Waals surface area contributed by atoms with Crippen molar-refractivity contribution in [2.24, 2.45) is 0 Å². The largest absolute Gasteiger partial charge is 0.311 e. The van der Waals surface area contributed by atoms with E-state index in [0.29, 0.717) is 0 Å². The zero-order valence-electron chi connectivity index (χ0n) is 32.5. The van der Waals surface area contributed by atoms with Crippen molar-refractivity contribution < 1.29 is 0 Å². The highest BCUT2D eigenvalue weighted by atomic mass is 15.1. The van der Waals surface area contributed by atoms with Gasteiger partial charge in [-0.05, 0) is 166 Å². The average molecular weight is 734 g/mol. The van der Waals surface area contributed by atoms with Gasteiger partial charge in [0.15, 0.2) is 0 Å². The Morgan fingerprint density at radius 1 is 0.228 bits per heavy atom. The Labute approximate surface area is 337 Å². The summed E-state index contributed by atoms with van der Waals surface area (Å²) in [5, 5.41) is 0. The van der Waals surface area contributed by atoms with Crippen molar-refractivity contribution in [2.75, 3.05) is 4.90 Å². The van der Waals surface area contributed by atoms with Gasteiger partial charge in [0, 0.05) is 17.1 Å². The third kappa shape index (κ3) is 6.89. The van der Waals surface area contributed by atoms with Crippen LogP contribution in [-0.2, 0) is 25.7 Å². The Balaban J connectivity index is 1.05. The molecule has 0 atom stereocenters. The van der Waals surface area contributed by atoms with E-state index in [0.717, 1.165) is 42.7 Å². The molecule has 0 heterocycles. The molecular formula is C56H47N. The van der Waals surface area contributed by atoms with Crippen LogP contribution in [0.1, 0.15) is 47.9 Å². The molecule has 1 nitrogen and oxygen atoms in total. The highest BCUT2D eigenvalue weighted by molar-refractivity contribution is 5.87. The van der Waals surface area contributed by atoms with Gasteiger partial charge in [0.25, 0.3) is 0 Å². The van der Waals surface area contributed by atoms with E-state index in [2.05, 4.69) is 193 Å². The molecule has 10 rings (SSSR count). The van der Waals surface area contributed by atoms with Crippen LogP contribution in [0.4, 0.5) is 17.1 Å². The van der Waals surface area contributed by atoms with Gasteiger partial charge in [0.1, 0.15) is 0 Å². The second-order valence-corrected chi connectivity index (χ2v) is 15.7. The second kappa shape index (κ2) is 15.6. The van der Waals surface area contributed by atoms with Crippen molar-refractivity contribution in [1.82, 2.24) is 0 Å². The maximum Gasteiger partial charge on any atom is 0.0462 e. The lowest BCUT2D eigenvalue weighted by Gasteiger charge is -2.32. The number of benzene rings is 8. The smallest absolute Gasteiger partial charge is 0.0462 e. The van der Waals surface area contributed by atoms with Crippen LogP contribution in [-0.4, -0.2) is 0 Å². The predicted octanol–water partition coefficient (Wildman–Crippen LogP) is 15.2. The first-order valence-corrected chi connectivity index (χ1v) is 20.9. The van der Waals surface area contributed by atoms with E-state index in [4.69, 9.17) is 0 Å². The van der Waals surface area contributed by atoms with Crippen LogP contribution in [0.2, 0.25) is 0 Å². The minimum absolute atomic E-state index is 1.15. The second-order valence-electron chi connectivity index (χ2n) is 15.7. The van der Waals surface area contributed by atoms with Crippen molar-refractivity contribution >= 4 is 17.1 Å². The first-order chi connectivity index (χ1) is 28.3. The quantitative estimate of drug-likeness (QED) is 0.150. The van der Waals surface area contributed by atoms with Gasteiger partial charge in [0.05, 0.1) is 0 Å². The van der Waals surface area contributed by atoms with Gasteiger partial charge in [-0.2, -0.15) is 0 Å². The van der Waals surface area contributed by atoms with Crippen molar-refractivity contribution in [3.63, 3.8) is 0 Å². The molecule has 0 aliphatic heterocycles. The molecule has 8 aromatic rings. The van der Waals surface area contributed by atoms with E-state index >= 15 is 0 Å². The lowest BCUT2D eigenvalue weighted by atomic mass is 9.73. The van der Waals surface area contributed by atoms with E-state index in [1.807, 2.05) is 0 Å². The van der Waals surface area contributed by atoms with Gasteiger partial charge in [-0.3, -0.25) is 0 Å². The fourth-order valence-corrected chi connectivity index (χ4v) is 9.53. The van der Waals surface area contributed by atoms with Gasteiger partial charge in [-0.15, -0.1) is 0 Å². The van der Waals surface area contributed by atoms with Crippen LogP contribution in [0.25, 0.3) is 55.6 Å². The summed E-state index contributed by atoms with van der Waals surface area (Å²) in [6.07, 6.45) is 9.68. The number of hydrogen-bond acceptors (Lipinski definition) is 1. The summed E-state index contributed by atoms with van der Waals surface area (Å²) in [6.45, 7) is 0. The molecule has 0 radical (unpaired) electrons. The highest BCUT2D eigenvalue weighted by Gasteiger charge is 2.28. The van der Waals surface area contributed by atoms with Crippen molar-refractivity contribution in [3.05, 3.63) is 210 Å². The number of fused-ring (bicyclic) bond motifs is 2. The number of anilines is 3. The maximum atomic E-state index is 2.41. The van der Waals surface area contributed by atoms with Gasteiger partial charge in [0.2, 0.25) is 0 Å². The summed E-state index contributed by atoms with van der Waals surface area (Å²) < 4.78 is 0. The molecule has 0 aromatic heterocycles. The van der Waals surface area contributed by atoms with E-state index in [1.54, 1.807) is 27.8 Å². The number of rotatable bonds is 8. The highest BCUT2D eigenvalue weighted by Crippen LogP contribution is 2.47. The fourth-order valence-electron chi connectivity index (χ4n) is 9.53. The molecular weight excluding hydrogens is 687 g/mol. The molecule has 0 bridgehead atoms. The van der Waals surface area contributed by atoms with Crippen LogP contribution in [0, 0.1) is 0 Å². The Bertz CT molecular complexity index is 2490. The zero-order chi connectivity index (χ0) is 38.0. The Morgan fingerprint density at radius 3 is 0.754 bits per heavy atom. The normalized spacial score (nSPS) is 13.4. The fraction of sp³-hybridized carbons (Fsp3) is 0.143. The van der Waals surface area contributed by atoms with Crippen LogP contribution < -0.4 is 4.90 Å². The van der Waals surface area contributed by atoms with E-state index in [-0.39, 0.29) is 0 Å². The first kappa shape index (κ1) is 35.0. The molecule has 8 aromatic carbocycles. The van der Waals surface area contributed by atoms with Crippen molar-refractivity contribution in [2.45, 2.75) is 51.4 Å². The molecule has 0 amide bonds. The minimum Gasteiger partial charge on any atom is -0.311 e. The van der Waals surface area contributed by atoms with Gasteiger partial charge in [-0.1, -0.05) is 152 Å². The molecule has 0 saturated heterocycles. The summed E-state index contributed by atoms with van der Waals surface area (Å²) in [5.74, 6) is 0. The molecule has 2 aliphatic rings. The van der Waals surface area contributed by atoms with Crippen LogP contribution in [0.15, 0.2) is 188 Å². The predicted molar refractivity (Wildman–Crippen MR) is 242 cm³/mol. The summed E-state index contributed by atoms with van der Waals surface area (Å²) in [4.78, 5) is 2.40. The lowest BCUT2D eigenvalue weighted by Crippen LogP contribution is -2.15. The standard InChI is InChI=1S/C56H47N/c1-4-14-40(15-5-1)43-24-26-46(27-25-43)55-51-20-10-12-22-53(51)56(54-23-13-11-21-52(54)55)47-32-38-50(39-33-47)57(48-34-28-44(29-35-48)41-16-6-2-7-17-41)49-36-30-45(31-37-49)42-18-8-3-9-19-42/h1-9,14-19,24-39H,10-13,20-23H2. The molecule has 0 saturated carbocycles. The van der Waals surface area contributed by atoms with Crippen molar-refractivity contribution in [3.8, 4) is 55.6 Å². The molecule has 57 heavy (non-hydrogen) atoms. The molecule has 0 spiro atoms. The number of nitrogens with zero attached hydrogens (tertiary/aromatic N) is 1. The molecule has 1 heteroatoms. The van der Waals surface area contributed by atoms with Crippen LogP contribution >= 0.6 is 0 Å². The molecule has 276 valence electrons. The monoisotopic (exact) mass is 733 g/mol. The molecule has 2 aliphatic carbocycles. The average Bonchev–Trinajstić information content (AvgIpc) is 3.30. The third-order valence-electron chi connectivity index (χ3n) is 12.3. The number of hydrogen-bond donors (Lipinski definition) is 0. The lowest BCUT2D eigenvalue weighted by molar-refractivity contribution is 0.662. The Hall–Kier alpha value is -6.44. The topological polar surface area (TPSA) is 3.24 Å². The van der Waals surface area contributed by atoms with Gasteiger partial charge < -0.3 is 4.90 Å². The molecule has 0 unspecified atom stereocenters. The summed E-state index contributed by atoms with van der Waals surface area (Å²) in [7, 11) is 0. The summed E-state index contributed by atoms with van der Waals surface area (Å²) in [6, 6.07) is 69.1. The van der Waals surface area contributed by atoms with Gasteiger partial charge in [-0.25, -0.2) is 0 Å². The zero-order valence-corrected chi connectivity index (χ0v) is 32.5. The van der Waals surface area contributed by atoms with E-state index in [1.165, 1.54) is 75.8 Å². The SMILES string of the molecule is c1ccc(-c2ccc(-c3c4c(c(-c5ccc(N(c6ccc(-c7ccccc7)cc6)c6ccc(-c7ccccc7)cc6)cc5)c5c3CCCC5)CCCC4)cc2)cc1. The van der Waals surface area contributed by atoms with Crippen molar-refractivity contribution in [1.29, 1.82) is 0 Å². The van der Waals surface area contributed by atoms with Crippen LogP contribution in [0.5, 0.6) is 0 Å². The minimum atomic E-state index is 1.15. The van der Waals surface area contributed by atoms with Crippen LogP contribution in [0.3, 0.4) is 0 Å². The first-order valence-electron chi connectivity index (χ1n) is 20.9. The summed E-state index contributed by atoms with van der Waals surface area (Å²) in [5.41, 5.74) is 23.1. The van der Waals surface area contributed by atoms with Gasteiger partial charge >= 0.3 is 0 Å². The van der Waals surface area contributed by atoms with E-state index in [9.17, 15) is 0 Å². The summed E-state index contributed by atoms with van der Waals surface area (Å²) >= 11 is 0.